The van der Waals surface area contributed by atoms with E-state index in [4.69, 9.17) is 14.9 Å². The summed E-state index contributed by atoms with van der Waals surface area (Å²) in [5, 5.41) is 17.2. The number of hydrogen-bond donors (Lipinski definition) is 2. The third-order valence-electron chi connectivity index (χ3n) is 6.55. The van der Waals surface area contributed by atoms with Crippen molar-refractivity contribution in [2.45, 2.75) is 13.8 Å². The largest absolute Gasteiger partial charge is 0.478 e. The van der Waals surface area contributed by atoms with Gasteiger partial charge in [0.2, 0.25) is 0 Å². The third-order valence-corrected chi connectivity index (χ3v) is 6.55. The maximum absolute atomic E-state index is 11.9. The molecule has 236 valence electrons. The summed E-state index contributed by atoms with van der Waals surface area (Å²) in [5.74, 6) is -1.45. The van der Waals surface area contributed by atoms with Crippen molar-refractivity contribution in [3.63, 3.8) is 0 Å². The van der Waals surface area contributed by atoms with Crippen LogP contribution in [0.25, 0.3) is 0 Å². The molecule has 4 aromatic rings. The fourth-order valence-corrected chi connectivity index (χ4v) is 3.82. The molecule has 0 aliphatic rings. The Morgan fingerprint density at radius 1 is 0.578 bits per heavy atom. The number of esters is 1. The zero-order valence-corrected chi connectivity index (χ0v) is 26.1. The Balaban J connectivity index is 0.000000259. The number of nitrogens with zero attached hydrogens (tertiary/aromatic N) is 2. The molecule has 45 heavy (non-hydrogen) atoms. The van der Waals surface area contributed by atoms with E-state index in [1.807, 2.05) is 84.6 Å². The lowest BCUT2D eigenvalue weighted by atomic mass is 10.1. The molecule has 4 aromatic carbocycles. The molecule has 0 unspecified atom stereocenters. The van der Waals surface area contributed by atoms with E-state index in [1.165, 1.54) is 38.1 Å². The minimum Gasteiger partial charge on any atom is -0.478 e. The number of carboxylic acids is 1. The van der Waals surface area contributed by atoms with Crippen LogP contribution >= 0.6 is 0 Å². The minimum atomic E-state index is -0.981. The summed E-state index contributed by atoms with van der Waals surface area (Å²) in [5.41, 5.74) is 3.97. The number of carboxylic acid groups (broad SMARTS) is 1. The molecule has 0 bridgehead atoms. The lowest BCUT2D eigenvalue weighted by molar-refractivity contribution is 0.0515. The van der Waals surface area contributed by atoms with Crippen LogP contribution < -0.4 is 9.80 Å². The maximum Gasteiger partial charge on any atom is 0.338 e. The van der Waals surface area contributed by atoms with E-state index in [0.717, 1.165) is 11.4 Å². The summed E-state index contributed by atoms with van der Waals surface area (Å²) >= 11 is 0. The highest BCUT2D eigenvalue weighted by molar-refractivity contribution is 5.96. The number of likely N-dealkylation sites (N-methyl/N-ethyl adjacent to an activating group) is 2. The van der Waals surface area contributed by atoms with Crippen LogP contribution in [-0.2, 0) is 4.74 Å². The van der Waals surface area contributed by atoms with E-state index in [0.29, 0.717) is 36.4 Å². The Morgan fingerprint density at radius 3 is 1.33 bits per heavy atom. The van der Waals surface area contributed by atoms with Gasteiger partial charge in [-0.3, -0.25) is 9.59 Å². The summed E-state index contributed by atoms with van der Waals surface area (Å²) in [4.78, 5) is 48.3. The third kappa shape index (κ3) is 12.9. The van der Waals surface area contributed by atoms with E-state index in [-0.39, 0.29) is 29.7 Å². The summed E-state index contributed by atoms with van der Waals surface area (Å²) in [6.07, 6.45) is 0. The molecule has 0 heterocycles. The summed E-state index contributed by atoms with van der Waals surface area (Å²) in [7, 11) is 3.91. The van der Waals surface area contributed by atoms with Gasteiger partial charge >= 0.3 is 11.9 Å². The lowest BCUT2D eigenvalue weighted by Crippen LogP contribution is -2.23. The van der Waals surface area contributed by atoms with E-state index < -0.39 is 5.97 Å². The van der Waals surface area contributed by atoms with E-state index in [9.17, 15) is 19.2 Å². The molecule has 9 nitrogen and oxygen atoms in total. The highest BCUT2D eigenvalue weighted by Crippen LogP contribution is 2.12. The van der Waals surface area contributed by atoms with Crippen LogP contribution in [0.1, 0.15) is 55.3 Å². The predicted molar refractivity (Wildman–Crippen MR) is 177 cm³/mol. The fraction of sp³-hybridized carbons (Fsp3) is 0.222. The Labute approximate surface area is 264 Å². The first-order valence-corrected chi connectivity index (χ1v) is 14.3. The summed E-state index contributed by atoms with van der Waals surface area (Å²) < 4.78 is 5.26. The molecule has 0 saturated heterocycles. The molecule has 0 fully saturated rings. The van der Waals surface area contributed by atoms with E-state index in [1.54, 1.807) is 24.3 Å². The fourth-order valence-electron chi connectivity index (χ4n) is 3.82. The van der Waals surface area contributed by atoms with Gasteiger partial charge in [-0.05, 0) is 62.4 Å². The average molecular weight is 613 g/mol. The second-order valence-corrected chi connectivity index (χ2v) is 9.95. The second-order valence-electron chi connectivity index (χ2n) is 9.95. The first kappa shape index (κ1) is 35.9. The van der Waals surface area contributed by atoms with Crippen molar-refractivity contribution in [2.75, 3.05) is 50.2 Å². The molecular formula is C36H40N2O7. The van der Waals surface area contributed by atoms with Crippen LogP contribution in [0, 0.1) is 0 Å². The number of rotatable bonds is 11. The molecule has 0 amide bonds. The molecule has 0 radical (unpaired) electrons. The van der Waals surface area contributed by atoms with Crippen molar-refractivity contribution in [3.05, 3.63) is 131 Å². The van der Waals surface area contributed by atoms with Crippen LogP contribution in [-0.4, -0.2) is 74.1 Å². The number of carbonyl (C=O) groups is 4. The number of carbonyl (C=O) groups excluding carboxylic acids is 3. The van der Waals surface area contributed by atoms with Crippen LogP contribution in [0.15, 0.2) is 109 Å². The maximum atomic E-state index is 11.9. The number of anilines is 2. The summed E-state index contributed by atoms with van der Waals surface area (Å²) in [6, 6.07) is 32.2. The number of para-hydroxylation sites is 2. The molecule has 2 N–H and O–H groups in total. The normalized spacial score (nSPS) is 9.80. The van der Waals surface area contributed by atoms with Crippen LogP contribution in [0.2, 0.25) is 0 Å². The van der Waals surface area contributed by atoms with Crippen LogP contribution in [0.3, 0.4) is 0 Å². The van der Waals surface area contributed by atoms with Crippen molar-refractivity contribution in [1.29, 1.82) is 0 Å². The molecule has 0 aliphatic carbocycles. The number of aliphatic hydroxyl groups excluding tert-OH is 1. The van der Waals surface area contributed by atoms with Gasteiger partial charge < -0.3 is 24.7 Å². The van der Waals surface area contributed by atoms with Gasteiger partial charge in [0, 0.05) is 43.1 Å². The number of benzene rings is 4. The molecule has 0 aliphatic heterocycles. The number of ether oxygens (including phenoxy) is 1. The van der Waals surface area contributed by atoms with E-state index in [2.05, 4.69) is 0 Å². The van der Waals surface area contributed by atoms with Gasteiger partial charge in [0.25, 0.3) is 0 Å². The van der Waals surface area contributed by atoms with Crippen molar-refractivity contribution >= 4 is 34.9 Å². The quantitative estimate of drug-likeness (QED) is 0.158. The Kier molecular flexibility index (Phi) is 15.2. The molecule has 0 atom stereocenters. The van der Waals surface area contributed by atoms with Gasteiger partial charge in [0.1, 0.15) is 6.61 Å². The van der Waals surface area contributed by atoms with Crippen molar-refractivity contribution in [1.82, 2.24) is 0 Å². The van der Waals surface area contributed by atoms with Gasteiger partial charge in [-0.25, -0.2) is 9.59 Å². The minimum absolute atomic E-state index is 0.0237. The van der Waals surface area contributed by atoms with Gasteiger partial charge in [-0.15, -0.1) is 0 Å². The number of ketones is 2. The van der Waals surface area contributed by atoms with E-state index >= 15 is 0 Å². The Bertz CT molecular complexity index is 1460. The molecule has 0 saturated carbocycles. The first-order chi connectivity index (χ1) is 21.5. The second kappa shape index (κ2) is 19.1. The van der Waals surface area contributed by atoms with Crippen molar-refractivity contribution in [2.24, 2.45) is 0 Å². The van der Waals surface area contributed by atoms with Gasteiger partial charge in [0.05, 0.1) is 24.3 Å². The topological polar surface area (TPSA) is 124 Å². The molecular weight excluding hydrogens is 572 g/mol. The zero-order chi connectivity index (χ0) is 33.2. The van der Waals surface area contributed by atoms with Crippen LogP contribution in [0.5, 0.6) is 0 Å². The lowest BCUT2D eigenvalue weighted by Gasteiger charge is -2.18. The number of Topliss-reactive ketones (excluding diaryl/α,β-unsaturated/α-hetero) is 2. The van der Waals surface area contributed by atoms with Gasteiger partial charge in [-0.2, -0.15) is 0 Å². The standard InChI is InChI=1S/C18H19NO3.C9H13NO.C9H8O3/c1-14(20)15-8-10-16(11-9-15)18(21)22-13-12-19(2)17-6-4-3-5-7-17;1-10(7-8-11)9-5-3-2-4-6-9;1-6(10)7-2-4-8(5-3-7)9(11)12/h3-11H,12-13H2,1-2H3;2-6,11H,7-8H2,1H3;2-5H,1H3,(H,11,12). The van der Waals surface area contributed by atoms with Crippen LogP contribution in [0.4, 0.5) is 11.4 Å². The number of aliphatic hydroxyl groups is 1. The van der Waals surface area contributed by atoms with Crippen molar-refractivity contribution < 1.29 is 34.1 Å². The molecule has 0 aromatic heterocycles. The van der Waals surface area contributed by atoms with Gasteiger partial charge in [0.15, 0.2) is 11.6 Å². The predicted octanol–water partition coefficient (Wildman–Crippen LogP) is 5.88. The highest BCUT2D eigenvalue weighted by atomic mass is 16.5. The average Bonchev–Trinajstić information content (AvgIpc) is 3.06. The van der Waals surface area contributed by atoms with Gasteiger partial charge in [-0.1, -0.05) is 60.7 Å². The number of hydrogen-bond acceptors (Lipinski definition) is 8. The first-order valence-electron chi connectivity index (χ1n) is 14.3. The smallest absolute Gasteiger partial charge is 0.338 e. The molecule has 9 heteroatoms. The summed E-state index contributed by atoms with van der Waals surface area (Å²) in [6.45, 7) is 4.73. The number of aromatic carboxylic acids is 1. The molecule has 4 rings (SSSR count). The Hall–Kier alpha value is -5.28. The Morgan fingerprint density at radius 2 is 0.956 bits per heavy atom. The molecule has 0 spiro atoms. The highest BCUT2D eigenvalue weighted by Gasteiger charge is 2.09. The van der Waals surface area contributed by atoms with Crippen molar-refractivity contribution in [3.8, 4) is 0 Å². The SMILES string of the molecule is CC(=O)c1ccc(C(=O)O)cc1.CC(=O)c1ccc(C(=O)OCCN(C)c2ccccc2)cc1.CN(CCO)c1ccccc1. The monoisotopic (exact) mass is 612 g/mol. The zero-order valence-electron chi connectivity index (χ0n) is 26.1.